The highest BCUT2D eigenvalue weighted by Gasteiger charge is 2.41. The highest BCUT2D eigenvalue weighted by molar-refractivity contribution is 7.93. The minimum atomic E-state index is -2.03. The first-order valence-electron chi connectivity index (χ1n) is 9.80. The summed E-state index contributed by atoms with van der Waals surface area (Å²) in [6.45, 7) is 3.44. The molecular weight excluding hydrogens is 438 g/mol. The lowest BCUT2D eigenvalue weighted by Crippen LogP contribution is -2.43. The third-order valence-corrected chi connectivity index (χ3v) is 4.68. The van der Waals surface area contributed by atoms with Crippen molar-refractivity contribution < 1.29 is 33.5 Å². The Hall–Kier alpha value is -3.11. The van der Waals surface area contributed by atoms with Gasteiger partial charge in [-0.25, -0.2) is 4.79 Å². The number of ether oxygens (including phenoxy) is 2. The summed E-state index contributed by atoms with van der Waals surface area (Å²) in [5.41, 5.74) is -0.753. The average molecular weight is 464 g/mol. The van der Waals surface area contributed by atoms with Gasteiger partial charge in [-0.1, -0.05) is 38.1 Å². The van der Waals surface area contributed by atoms with Gasteiger partial charge in [0.25, 0.3) is 0 Å². The van der Waals surface area contributed by atoms with Crippen molar-refractivity contribution >= 4 is 24.2 Å². The van der Waals surface area contributed by atoms with Crippen LogP contribution in [0.2, 0.25) is 0 Å². The van der Waals surface area contributed by atoms with Gasteiger partial charge in [-0.15, -0.1) is 4.91 Å². The minimum Gasteiger partial charge on any atom is -0.508 e. The fourth-order valence-electron chi connectivity index (χ4n) is 2.93. The topological polar surface area (TPSA) is 132 Å². The predicted octanol–water partition coefficient (Wildman–Crippen LogP) is 4.05. The predicted molar refractivity (Wildman–Crippen MR) is 117 cm³/mol. The number of phenolic OH excluding ortho intramolecular Hbond substituents is 1. The smallest absolute Gasteiger partial charge is 0.339 e. The summed E-state index contributed by atoms with van der Waals surface area (Å²) in [6.07, 6.45) is -0.534. The van der Waals surface area contributed by atoms with Crippen molar-refractivity contribution in [2.45, 2.75) is 45.5 Å². The normalized spacial score (nSPS) is 12.6. The molecule has 0 aromatic heterocycles. The number of carbonyl (C=O) groups is 2. The van der Waals surface area contributed by atoms with Crippen LogP contribution in [0.5, 0.6) is 11.5 Å². The molecule has 0 radical (unpaired) electrons. The van der Waals surface area contributed by atoms with Crippen LogP contribution in [0.25, 0.3) is 0 Å². The van der Waals surface area contributed by atoms with Gasteiger partial charge in [-0.2, -0.15) is 0 Å². The first-order chi connectivity index (χ1) is 15.2. The third kappa shape index (κ3) is 8.20. The molecule has 0 aliphatic carbocycles. The maximum atomic E-state index is 12.6. The van der Waals surface area contributed by atoms with Crippen LogP contribution in [0, 0.1) is 10.8 Å². The van der Waals surface area contributed by atoms with Gasteiger partial charge in [0.2, 0.25) is 12.2 Å². The van der Waals surface area contributed by atoms with Crippen LogP contribution in [0.3, 0.4) is 0 Å². The zero-order valence-electron chi connectivity index (χ0n) is 17.7. The molecule has 2 rings (SSSR count). The number of aliphatic hydroxyl groups is 1. The van der Waals surface area contributed by atoms with E-state index in [4.69, 9.17) is 13.7 Å². The number of hydrogen-bond donors (Lipinski definition) is 2. The van der Waals surface area contributed by atoms with Gasteiger partial charge < -0.3 is 23.9 Å². The van der Waals surface area contributed by atoms with Gasteiger partial charge in [0.15, 0.2) is 5.60 Å². The molecule has 0 aliphatic heterocycles. The monoisotopic (exact) mass is 463 g/mol. The van der Waals surface area contributed by atoms with E-state index in [1.165, 1.54) is 12.1 Å². The lowest BCUT2D eigenvalue weighted by Gasteiger charge is -2.26. The van der Waals surface area contributed by atoms with E-state index in [-0.39, 0.29) is 31.3 Å². The molecule has 10 heteroatoms. The number of rotatable bonds is 12. The maximum absolute atomic E-state index is 12.6. The first kappa shape index (κ1) is 25.2. The largest absolute Gasteiger partial charge is 0.508 e. The second-order valence-corrected chi connectivity index (χ2v) is 8.05. The number of nitroso groups, excluding NO2 is 1. The summed E-state index contributed by atoms with van der Waals surface area (Å²) in [4.78, 5) is 35.0. The fourth-order valence-corrected chi connectivity index (χ4v) is 3.16. The van der Waals surface area contributed by atoms with Gasteiger partial charge in [0, 0.05) is 4.58 Å². The van der Waals surface area contributed by atoms with E-state index in [1.54, 1.807) is 36.4 Å². The summed E-state index contributed by atoms with van der Waals surface area (Å²) < 4.78 is 17.9. The molecule has 0 fully saturated rings. The Balaban J connectivity index is 1.93. The zero-order chi connectivity index (χ0) is 23.6. The Morgan fingerprint density at radius 1 is 1.00 bits per heavy atom. The second-order valence-electron chi connectivity index (χ2n) is 7.59. The van der Waals surface area contributed by atoms with Crippen LogP contribution < -0.4 is 4.18 Å². The molecule has 32 heavy (non-hydrogen) atoms. The number of hydrogen-bond acceptors (Lipinski definition) is 10. The summed E-state index contributed by atoms with van der Waals surface area (Å²) >= 11 is 0.404. The van der Waals surface area contributed by atoms with E-state index in [9.17, 15) is 24.7 Å². The van der Waals surface area contributed by atoms with Gasteiger partial charge in [-0.05, 0) is 47.7 Å². The van der Waals surface area contributed by atoms with E-state index in [0.29, 0.717) is 29.1 Å². The van der Waals surface area contributed by atoms with E-state index >= 15 is 0 Å². The van der Waals surface area contributed by atoms with Crippen molar-refractivity contribution in [2.75, 3.05) is 0 Å². The molecule has 1 unspecified atom stereocenters. The van der Waals surface area contributed by atoms with Gasteiger partial charge in [0.1, 0.15) is 24.7 Å². The molecule has 9 nitrogen and oxygen atoms in total. The van der Waals surface area contributed by atoms with Gasteiger partial charge >= 0.3 is 11.9 Å². The molecule has 0 amide bonds. The fraction of sp³-hybridized carbons (Fsp3) is 0.364. The van der Waals surface area contributed by atoms with Crippen LogP contribution in [-0.4, -0.2) is 27.8 Å². The molecule has 172 valence electrons. The zero-order valence-corrected chi connectivity index (χ0v) is 18.5. The number of esters is 2. The molecule has 2 aromatic carbocycles. The molecule has 0 spiro atoms. The molecule has 0 bridgehead atoms. The van der Waals surface area contributed by atoms with Crippen LogP contribution in [0.15, 0.2) is 53.1 Å². The van der Waals surface area contributed by atoms with Crippen LogP contribution in [0.4, 0.5) is 0 Å². The maximum Gasteiger partial charge on any atom is 0.339 e. The van der Waals surface area contributed by atoms with E-state index in [0.717, 1.165) is 0 Å². The molecule has 2 aromatic rings. The Labute approximate surface area is 190 Å². The van der Waals surface area contributed by atoms with Crippen LogP contribution >= 0.6 is 12.2 Å². The van der Waals surface area contributed by atoms with E-state index in [1.807, 2.05) is 13.8 Å². The Morgan fingerprint density at radius 2 is 1.56 bits per heavy atom. The number of nitrogens with zero attached hydrogens (tertiary/aromatic N) is 1. The third-order valence-electron chi connectivity index (χ3n) is 4.36. The summed E-state index contributed by atoms with van der Waals surface area (Å²) in [5.74, 6) is -1.26. The standard InChI is InChI=1S/C22H25NO8S/c1-15(2)11-22(27,21(26)30-14-16-3-7-18(24)8-4-16)12-20(25)29-13-17-5-9-19(10-6-17)31-32-23-28/h3-10,15,24,27H,11-14H2,1-2H3. The van der Waals surface area contributed by atoms with Gasteiger partial charge in [0.05, 0.1) is 6.42 Å². The molecule has 1 atom stereocenters. The molecule has 0 aliphatic rings. The highest BCUT2D eigenvalue weighted by Crippen LogP contribution is 2.25. The molecule has 0 saturated carbocycles. The van der Waals surface area contributed by atoms with E-state index in [2.05, 4.69) is 4.58 Å². The molecule has 2 N–H and O–H groups in total. The van der Waals surface area contributed by atoms with Crippen molar-refractivity contribution in [3.05, 3.63) is 64.6 Å². The second kappa shape index (κ2) is 12.1. The Kier molecular flexibility index (Phi) is 9.48. The summed E-state index contributed by atoms with van der Waals surface area (Å²) in [5, 5.41) is 20.2. The highest BCUT2D eigenvalue weighted by atomic mass is 32.2. The number of benzene rings is 2. The lowest BCUT2D eigenvalue weighted by atomic mass is 9.89. The van der Waals surface area contributed by atoms with Crippen molar-refractivity contribution in [3.8, 4) is 11.5 Å². The number of carbonyl (C=O) groups excluding carboxylic acids is 2. The number of aromatic hydroxyl groups is 1. The Bertz CT molecular complexity index is 901. The SMILES string of the molecule is CC(C)CC(O)(CC(=O)OCc1ccc(OSN=O)cc1)C(=O)OCc1ccc(O)cc1. The van der Waals surface area contributed by atoms with Crippen molar-refractivity contribution in [1.82, 2.24) is 0 Å². The average Bonchev–Trinajstić information content (AvgIpc) is 2.75. The quantitative estimate of drug-likeness (QED) is 0.207. The van der Waals surface area contributed by atoms with Crippen LogP contribution in [0.1, 0.15) is 37.8 Å². The molecule has 0 saturated heterocycles. The Morgan fingerprint density at radius 3 is 2.12 bits per heavy atom. The lowest BCUT2D eigenvalue weighted by molar-refractivity contribution is -0.175. The van der Waals surface area contributed by atoms with Gasteiger partial charge in [-0.3, -0.25) is 4.79 Å². The molecule has 0 heterocycles. The summed E-state index contributed by atoms with van der Waals surface area (Å²) in [6, 6.07) is 12.5. The summed E-state index contributed by atoms with van der Waals surface area (Å²) in [7, 11) is 0. The minimum absolute atomic E-state index is 0.0188. The molecular formula is C22H25NO8S. The van der Waals surface area contributed by atoms with E-state index < -0.39 is 24.0 Å². The van der Waals surface area contributed by atoms with Crippen LogP contribution in [-0.2, 0) is 32.3 Å². The van der Waals surface area contributed by atoms with Crippen molar-refractivity contribution in [2.24, 2.45) is 10.5 Å². The van der Waals surface area contributed by atoms with Crippen molar-refractivity contribution in [1.29, 1.82) is 0 Å². The number of phenols is 1. The first-order valence-corrected chi connectivity index (χ1v) is 10.5. The van der Waals surface area contributed by atoms with Crippen molar-refractivity contribution in [3.63, 3.8) is 0 Å².